The molecule has 3 nitrogen and oxygen atoms in total. The molecule has 0 saturated carbocycles. The average molecular weight is 234 g/mol. The minimum atomic E-state index is -2.30. The Hall–Kier alpha value is -0.260. The number of halogens is 2. The third kappa shape index (κ3) is 2.90. The molecule has 3 unspecified atom stereocenters. The maximum absolute atomic E-state index is 12.3. The molecule has 0 radical (unpaired) electrons. The van der Waals surface area contributed by atoms with Gasteiger partial charge in [-0.05, 0) is 26.3 Å². The van der Waals surface area contributed by atoms with E-state index in [-0.39, 0.29) is 6.10 Å². The van der Waals surface area contributed by atoms with E-state index >= 15 is 0 Å². The summed E-state index contributed by atoms with van der Waals surface area (Å²) in [4.78, 5) is 2.42. The fourth-order valence-corrected chi connectivity index (χ4v) is 2.42. The molecule has 2 heterocycles. The lowest BCUT2D eigenvalue weighted by atomic mass is 10.2. The second-order valence-corrected chi connectivity index (χ2v) is 4.78. The number of hydrogen-bond donors (Lipinski definition) is 1. The fourth-order valence-electron chi connectivity index (χ4n) is 2.42. The van der Waals surface area contributed by atoms with Crippen molar-refractivity contribution in [1.29, 1.82) is 0 Å². The Balaban J connectivity index is 1.71. The Morgan fingerprint density at radius 2 is 2.31 bits per heavy atom. The van der Waals surface area contributed by atoms with Crippen LogP contribution in [0, 0.1) is 0 Å². The Bertz CT molecular complexity index is 228. The highest BCUT2D eigenvalue weighted by atomic mass is 19.3. The minimum absolute atomic E-state index is 0.0653. The molecule has 0 aliphatic carbocycles. The highest BCUT2D eigenvalue weighted by Gasteiger charge is 2.32. The van der Waals surface area contributed by atoms with Crippen molar-refractivity contribution in [2.75, 3.05) is 26.2 Å². The summed E-state index contributed by atoms with van der Waals surface area (Å²) in [5.41, 5.74) is 0. The molecule has 2 saturated heterocycles. The molecule has 0 bridgehead atoms. The first-order valence-corrected chi connectivity index (χ1v) is 6.04. The zero-order valence-corrected chi connectivity index (χ0v) is 9.66. The second kappa shape index (κ2) is 5.38. The van der Waals surface area contributed by atoms with E-state index in [1.54, 1.807) is 0 Å². The molecule has 2 rings (SSSR count). The first-order chi connectivity index (χ1) is 7.66. The van der Waals surface area contributed by atoms with E-state index in [4.69, 9.17) is 4.74 Å². The first-order valence-electron chi connectivity index (χ1n) is 6.04. The van der Waals surface area contributed by atoms with Crippen LogP contribution in [0.3, 0.4) is 0 Å². The number of hydrogen-bond acceptors (Lipinski definition) is 3. The molecule has 0 aromatic carbocycles. The first kappa shape index (κ1) is 12.2. The quantitative estimate of drug-likeness (QED) is 0.788. The number of nitrogens with one attached hydrogen (secondary N) is 1. The molecule has 0 amide bonds. The van der Waals surface area contributed by atoms with Crippen molar-refractivity contribution in [3.8, 4) is 0 Å². The third-order valence-corrected chi connectivity index (χ3v) is 3.51. The van der Waals surface area contributed by atoms with E-state index in [0.717, 1.165) is 19.7 Å². The van der Waals surface area contributed by atoms with Crippen LogP contribution >= 0.6 is 0 Å². The molecule has 2 aliphatic heterocycles. The summed E-state index contributed by atoms with van der Waals surface area (Å²) in [6.07, 6.45) is 0.216. The summed E-state index contributed by atoms with van der Waals surface area (Å²) in [7, 11) is 0. The Kier molecular flexibility index (Phi) is 4.10. The fraction of sp³-hybridized carbons (Fsp3) is 1.00. The van der Waals surface area contributed by atoms with Crippen LogP contribution < -0.4 is 5.32 Å². The smallest absolute Gasteiger partial charge is 0.253 e. The number of morpholine rings is 1. The second-order valence-electron chi connectivity index (χ2n) is 4.78. The molecule has 94 valence electrons. The van der Waals surface area contributed by atoms with Crippen molar-refractivity contribution in [2.24, 2.45) is 0 Å². The van der Waals surface area contributed by atoms with E-state index in [2.05, 4.69) is 10.2 Å². The molecule has 0 aromatic rings. The van der Waals surface area contributed by atoms with Crippen molar-refractivity contribution >= 4 is 0 Å². The van der Waals surface area contributed by atoms with Crippen LogP contribution in [-0.2, 0) is 4.74 Å². The summed E-state index contributed by atoms with van der Waals surface area (Å²) < 4.78 is 30.2. The van der Waals surface area contributed by atoms with Crippen LogP contribution in [0.1, 0.15) is 19.8 Å². The molecule has 0 aromatic heterocycles. The lowest BCUT2D eigenvalue weighted by molar-refractivity contribution is -0.0497. The zero-order chi connectivity index (χ0) is 11.5. The Morgan fingerprint density at radius 3 is 3.06 bits per heavy atom. The van der Waals surface area contributed by atoms with E-state index in [1.165, 1.54) is 19.8 Å². The van der Waals surface area contributed by atoms with Gasteiger partial charge in [0.2, 0.25) is 0 Å². The summed E-state index contributed by atoms with van der Waals surface area (Å²) in [5, 5.41) is 2.83. The van der Waals surface area contributed by atoms with Crippen LogP contribution in [0.15, 0.2) is 0 Å². The van der Waals surface area contributed by atoms with Gasteiger partial charge in [0.15, 0.2) is 0 Å². The van der Waals surface area contributed by atoms with Gasteiger partial charge in [0.1, 0.15) is 0 Å². The van der Waals surface area contributed by atoms with Crippen molar-refractivity contribution < 1.29 is 13.5 Å². The van der Waals surface area contributed by atoms with E-state index in [0.29, 0.717) is 12.6 Å². The van der Waals surface area contributed by atoms with Gasteiger partial charge in [0.05, 0.1) is 18.8 Å². The molecular weight excluding hydrogens is 214 g/mol. The van der Waals surface area contributed by atoms with Gasteiger partial charge in [0.25, 0.3) is 6.43 Å². The number of rotatable bonds is 4. The highest BCUT2D eigenvalue weighted by molar-refractivity contribution is 4.86. The van der Waals surface area contributed by atoms with Gasteiger partial charge in [-0.15, -0.1) is 0 Å². The molecule has 1 N–H and O–H groups in total. The van der Waals surface area contributed by atoms with Crippen LogP contribution in [0.2, 0.25) is 0 Å². The van der Waals surface area contributed by atoms with Crippen molar-refractivity contribution in [3.63, 3.8) is 0 Å². The van der Waals surface area contributed by atoms with Crippen LogP contribution in [0.25, 0.3) is 0 Å². The maximum atomic E-state index is 12.3. The SMILES string of the molecule is CC(NCC1CN2CCCC2CO1)C(F)F. The topological polar surface area (TPSA) is 24.5 Å². The predicted molar refractivity (Wildman–Crippen MR) is 57.8 cm³/mol. The summed E-state index contributed by atoms with van der Waals surface area (Å²) in [5.74, 6) is 0. The van der Waals surface area contributed by atoms with Crippen molar-refractivity contribution in [1.82, 2.24) is 10.2 Å². The number of fused-ring (bicyclic) bond motifs is 1. The van der Waals surface area contributed by atoms with Crippen LogP contribution in [0.5, 0.6) is 0 Å². The molecule has 3 atom stereocenters. The molecule has 5 heteroatoms. The molecule has 0 spiro atoms. The van der Waals surface area contributed by atoms with Crippen molar-refractivity contribution in [2.45, 2.75) is 44.4 Å². The third-order valence-electron chi connectivity index (χ3n) is 3.51. The lowest BCUT2D eigenvalue weighted by Gasteiger charge is -2.35. The van der Waals surface area contributed by atoms with Gasteiger partial charge in [0, 0.05) is 19.1 Å². The number of alkyl halides is 2. The van der Waals surface area contributed by atoms with Crippen molar-refractivity contribution in [3.05, 3.63) is 0 Å². The van der Waals surface area contributed by atoms with Crippen LogP contribution in [0.4, 0.5) is 8.78 Å². The maximum Gasteiger partial charge on any atom is 0.253 e. The summed E-state index contributed by atoms with van der Waals surface area (Å²) in [6.45, 7) is 4.80. The summed E-state index contributed by atoms with van der Waals surface area (Å²) >= 11 is 0. The van der Waals surface area contributed by atoms with E-state index in [9.17, 15) is 8.78 Å². The van der Waals surface area contributed by atoms with E-state index in [1.807, 2.05) is 0 Å². The van der Waals surface area contributed by atoms with Gasteiger partial charge in [-0.3, -0.25) is 4.90 Å². The monoisotopic (exact) mass is 234 g/mol. The molecular formula is C11H20F2N2O. The molecule has 16 heavy (non-hydrogen) atoms. The van der Waals surface area contributed by atoms with Gasteiger partial charge in [-0.2, -0.15) is 0 Å². The highest BCUT2D eigenvalue weighted by Crippen LogP contribution is 2.22. The normalized spacial score (nSPS) is 33.0. The Morgan fingerprint density at radius 1 is 1.50 bits per heavy atom. The average Bonchev–Trinajstić information content (AvgIpc) is 2.72. The predicted octanol–water partition coefficient (Wildman–Crippen LogP) is 1.09. The van der Waals surface area contributed by atoms with Gasteiger partial charge in [-0.1, -0.05) is 0 Å². The van der Waals surface area contributed by atoms with Crippen LogP contribution in [-0.4, -0.2) is 55.8 Å². The molecule has 2 fully saturated rings. The largest absolute Gasteiger partial charge is 0.374 e. The minimum Gasteiger partial charge on any atom is -0.374 e. The van der Waals surface area contributed by atoms with Gasteiger partial charge in [-0.25, -0.2) is 8.78 Å². The van der Waals surface area contributed by atoms with Gasteiger partial charge >= 0.3 is 0 Å². The standard InChI is InChI=1S/C11H20F2N2O/c1-8(11(12)13)14-5-10-6-15-4-2-3-9(15)7-16-10/h8-11,14H,2-7H2,1H3. The number of ether oxygens (including phenoxy) is 1. The van der Waals surface area contributed by atoms with Gasteiger partial charge < -0.3 is 10.1 Å². The lowest BCUT2D eigenvalue weighted by Crippen LogP contribution is -2.50. The Labute approximate surface area is 95.1 Å². The molecule has 2 aliphatic rings. The van der Waals surface area contributed by atoms with E-state index < -0.39 is 12.5 Å². The zero-order valence-electron chi connectivity index (χ0n) is 9.66. The summed E-state index contributed by atoms with van der Waals surface area (Å²) in [6, 6.07) is -0.177. The number of nitrogens with zero attached hydrogens (tertiary/aromatic N) is 1.